The van der Waals surface area contributed by atoms with Crippen LogP contribution in [0.2, 0.25) is 0 Å². The van der Waals surface area contributed by atoms with Crippen molar-refractivity contribution in [3.05, 3.63) is 65.2 Å². The van der Waals surface area contributed by atoms with Crippen LogP contribution in [0.25, 0.3) is 0 Å². The summed E-state index contributed by atoms with van der Waals surface area (Å²) in [5.74, 6) is 3.89. The quantitative estimate of drug-likeness (QED) is 0.150. The fraction of sp³-hybridized carbons (Fsp3) is 0.438. The number of nitrogens with zero attached hydrogens (tertiary/aromatic N) is 1. The molecule has 0 aliphatic carbocycles. The fourth-order valence-corrected chi connectivity index (χ4v) is 4.17. The van der Waals surface area contributed by atoms with Crippen LogP contribution in [0.15, 0.2) is 48.5 Å². The number of rotatable bonds is 20. The zero-order valence-corrected chi connectivity index (χ0v) is 24.5. The van der Waals surface area contributed by atoms with Crippen LogP contribution in [-0.4, -0.2) is 92.9 Å². The van der Waals surface area contributed by atoms with Crippen LogP contribution in [0.3, 0.4) is 0 Å². The average molecular weight is 611 g/mol. The van der Waals surface area contributed by atoms with E-state index in [2.05, 4.69) is 17.2 Å². The highest BCUT2D eigenvalue weighted by atomic mass is 16.6. The van der Waals surface area contributed by atoms with Crippen LogP contribution in [0.1, 0.15) is 42.4 Å². The number of amides is 2. The van der Waals surface area contributed by atoms with Crippen molar-refractivity contribution in [2.75, 3.05) is 57.7 Å². The number of carbonyl (C=O) groups excluding carboxylic acids is 2. The third kappa shape index (κ3) is 12.5. The lowest BCUT2D eigenvalue weighted by molar-refractivity contribution is -0.139. The molecule has 2 aromatic carbocycles. The Labute approximate surface area is 256 Å². The number of benzene rings is 2. The molecule has 0 aromatic heterocycles. The van der Waals surface area contributed by atoms with Gasteiger partial charge in [-0.3, -0.25) is 19.2 Å². The third-order valence-corrected chi connectivity index (χ3v) is 6.44. The molecule has 3 rings (SSSR count). The number of anilines is 1. The average Bonchev–Trinajstić information content (AvgIpc) is 3.00. The van der Waals surface area contributed by atoms with E-state index < -0.39 is 18.0 Å². The van der Waals surface area contributed by atoms with E-state index in [0.29, 0.717) is 12.2 Å². The zero-order chi connectivity index (χ0) is 31.6. The minimum absolute atomic E-state index is 0.0110. The minimum Gasteiger partial charge on any atom is -0.481 e. The van der Waals surface area contributed by atoms with Crippen molar-refractivity contribution in [2.24, 2.45) is 0 Å². The molecule has 0 saturated heterocycles. The number of fused-ring (bicyclic) bond motifs is 2. The van der Waals surface area contributed by atoms with Crippen molar-refractivity contribution < 1.29 is 48.3 Å². The smallest absolute Gasteiger partial charge is 0.305 e. The van der Waals surface area contributed by atoms with E-state index in [1.807, 2.05) is 48.5 Å². The Kier molecular flexibility index (Phi) is 14.8. The molecule has 0 saturated carbocycles. The number of hydrogen-bond acceptors (Lipinski definition) is 8. The number of carboxylic acids is 2. The monoisotopic (exact) mass is 610 g/mol. The lowest BCUT2D eigenvalue weighted by atomic mass is 10.0. The summed E-state index contributed by atoms with van der Waals surface area (Å²) in [5, 5.41) is 20.2. The van der Waals surface area contributed by atoms with Crippen LogP contribution >= 0.6 is 0 Å². The van der Waals surface area contributed by atoms with Gasteiger partial charge in [-0.05, 0) is 23.8 Å². The first kappa shape index (κ1) is 34.2. The normalized spacial score (nSPS) is 12.5. The summed E-state index contributed by atoms with van der Waals surface area (Å²) in [6, 6.07) is 15.1. The summed E-state index contributed by atoms with van der Waals surface area (Å²) in [6.07, 6.45) is -0.815. The first-order valence-corrected chi connectivity index (χ1v) is 14.4. The summed E-state index contributed by atoms with van der Waals surface area (Å²) in [5.41, 5.74) is 3.21. The largest absolute Gasteiger partial charge is 0.481 e. The Morgan fingerprint density at radius 2 is 1.36 bits per heavy atom. The van der Waals surface area contributed by atoms with E-state index in [0.717, 1.165) is 16.7 Å². The first-order valence-electron chi connectivity index (χ1n) is 14.4. The Morgan fingerprint density at radius 3 is 2.09 bits per heavy atom. The third-order valence-electron chi connectivity index (χ3n) is 6.44. The number of carboxylic acid groups (broad SMARTS) is 2. The molecule has 2 aromatic rings. The van der Waals surface area contributed by atoms with Crippen molar-refractivity contribution in [3.8, 4) is 11.8 Å². The molecule has 1 aliphatic heterocycles. The molecule has 44 heavy (non-hydrogen) atoms. The second-order valence-corrected chi connectivity index (χ2v) is 9.79. The number of nitrogens with one attached hydrogen (secondary N) is 1. The van der Waals surface area contributed by atoms with Gasteiger partial charge in [-0.15, -0.1) is 0 Å². The van der Waals surface area contributed by atoms with Crippen molar-refractivity contribution in [3.63, 3.8) is 0 Å². The van der Waals surface area contributed by atoms with Gasteiger partial charge in [0.2, 0.25) is 11.8 Å². The minimum atomic E-state index is -0.960. The van der Waals surface area contributed by atoms with Gasteiger partial charge in [-0.2, -0.15) is 0 Å². The molecule has 12 heteroatoms. The van der Waals surface area contributed by atoms with Gasteiger partial charge >= 0.3 is 11.9 Å². The van der Waals surface area contributed by atoms with Crippen molar-refractivity contribution >= 4 is 29.4 Å². The Hall–Kier alpha value is -4.28. The molecule has 236 valence electrons. The summed E-state index contributed by atoms with van der Waals surface area (Å²) >= 11 is 0. The molecule has 1 atom stereocenters. The number of aliphatic carboxylic acids is 2. The lowest BCUT2D eigenvalue weighted by Crippen LogP contribution is -2.38. The molecule has 0 bridgehead atoms. The molecule has 12 nitrogen and oxygen atoms in total. The second-order valence-electron chi connectivity index (χ2n) is 9.79. The van der Waals surface area contributed by atoms with Gasteiger partial charge < -0.3 is 39.4 Å². The van der Waals surface area contributed by atoms with Crippen LogP contribution < -0.4 is 10.2 Å². The van der Waals surface area contributed by atoms with Gasteiger partial charge in [-0.25, -0.2) is 0 Å². The van der Waals surface area contributed by atoms with Crippen LogP contribution in [0, 0.1) is 11.8 Å². The maximum Gasteiger partial charge on any atom is 0.305 e. The van der Waals surface area contributed by atoms with E-state index >= 15 is 0 Å². The molecule has 1 aliphatic rings. The maximum absolute atomic E-state index is 13.4. The second kappa shape index (κ2) is 19.1. The van der Waals surface area contributed by atoms with E-state index in [9.17, 15) is 19.2 Å². The van der Waals surface area contributed by atoms with Crippen molar-refractivity contribution in [1.82, 2.24) is 5.32 Å². The van der Waals surface area contributed by atoms with E-state index in [-0.39, 0.29) is 90.3 Å². The standard InChI is InChI=1S/C32H38N2O10/c35-29(33-21-27(44-20-19-42-16-14-32(39)40)23-43-18-17-41-15-13-31(37)38)11-12-30(36)34-22-26-7-2-1-5-24(26)9-10-25-6-3-4-8-28(25)34/h1-8,27H,11-23H2,(H,33,35)(H,37,38)(H,39,40). The molecule has 3 N–H and O–H groups in total. The lowest BCUT2D eigenvalue weighted by Gasteiger charge is -2.26. The zero-order valence-electron chi connectivity index (χ0n) is 24.5. The van der Waals surface area contributed by atoms with E-state index in [1.54, 1.807) is 4.90 Å². The van der Waals surface area contributed by atoms with Crippen molar-refractivity contribution in [1.29, 1.82) is 0 Å². The van der Waals surface area contributed by atoms with Gasteiger partial charge in [0.1, 0.15) is 0 Å². The molecule has 2 amide bonds. The summed E-state index contributed by atoms with van der Waals surface area (Å²) in [4.78, 5) is 49.0. The predicted octanol–water partition coefficient (Wildman–Crippen LogP) is 2.21. The maximum atomic E-state index is 13.4. The summed E-state index contributed by atoms with van der Waals surface area (Å²) < 4.78 is 21.8. The predicted molar refractivity (Wildman–Crippen MR) is 159 cm³/mol. The number of para-hydroxylation sites is 1. The van der Waals surface area contributed by atoms with E-state index in [4.69, 9.17) is 29.2 Å². The van der Waals surface area contributed by atoms with E-state index in [1.165, 1.54) is 0 Å². The summed E-state index contributed by atoms with van der Waals surface area (Å²) in [6.45, 7) is 1.39. The topological polar surface area (TPSA) is 161 Å². The molecule has 1 heterocycles. The Balaban J connectivity index is 1.49. The van der Waals surface area contributed by atoms with Crippen LogP contribution in [0.5, 0.6) is 0 Å². The molecule has 0 fully saturated rings. The van der Waals surface area contributed by atoms with Gasteiger partial charge in [-0.1, -0.05) is 42.2 Å². The van der Waals surface area contributed by atoms with Gasteiger partial charge in [0, 0.05) is 30.5 Å². The fourth-order valence-electron chi connectivity index (χ4n) is 4.17. The van der Waals surface area contributed by atoms with Crippen LogP contribution in [0.4, 0.5) is 5.69 Å². The number of ether oxygens (including phenoxy) is 4. The molecule has 1 unspecified atom stereocenters. The Bertz CT molecular complexity index is 1320. The number of carbonyl (C=O) groups is 4. The van der Waals surface area contributed by atoms with Crippen LogP contribution in [-0.2, 0) is 44.7 Å². The van der Waals surface area contributed by atoms with Gasteiger partial charge in [0.15, 0.2) is 0 Å². The highest BCUT2D eigenvalue weighted by Crippen LogP contribution is 2.26. The highest BCUT2D eigenvalue weighted by molar-refractivity contribution is 5.96. The molecule has 0 radical (unpaired) electrons. The molecular formula is C32H38N2O10. The number of hydrogen-bond donors (Lipinski definition) is 3. The van der Waals surface area contributed by atoms with Gasteiger partial charge in [0.05, 0.1) is 77.4 Å². The highest BCUT2D eigenvalue weighted by Gasteiger charge is 2.22. The van der Waals surface area contributed by atoms with Gasteiger partial charge in [0.25, 0.3) is 0 Å². The SMILES string of the molecule is O=C(O)CCOCCOCC(CNC(=O)CCC(=O)N1Cc2ccccc2C#Cc2ccccc21)OCCOCCC(=O)O. The molecular weight excluding hydrogens is 572 g/mol. The Morgan fingerprint density at radius 1 is 0.750 bits per heavy atom. The first-order chi connectivity index (χ1) is 21.3. The summed E-state index contributed by atoms with van der Waals surface area (Å²) in [7, 11) is 0. The molecule has 0 spiro atoms. The van der Waals surface area contributed by atoms with Crippen molar-refractivity contribution in [2.45, 2.75) is 38.3 Å².